The Bertz CT molecular complexity index is 158. The maximum atomic E-state index is 11.7. The van der Waals surface area contributed by atoms with Gasteiger partial charge in [0.1, 0.15) is 0 Å². The summed E-state index contributed by atoms with van der Waals surface area (Å²) < 4.78 is 68.3. The summed E-state index contributed by atoms with van der Waals surface area (Å²) >= 11 is 0. The van der Waals surface area contributed by atoms with Crippen LogP contribution in [0.3, 0.4) is 0 Å². The molecule has 0 saturated carbocycles. The highest BCUT2D eigenvalue weighted by Gasteiger charge is 2.45. The molecule has 0 aliphatic carbocycles. The van der Waals surface area contributed by atoms with Gasteiger partial charge in [0.15, 0.2) is 5.83 Å². The topological polar surface area (TPSA) is 12.0 Å². The lowest BCUT2D eigenvalue weighted by atomic mass is 10.5. The maximum absolute atomic E-state index is 11.7. The Labute approximate surface area is 57.7 Å². The predicted molar refractivity (Wildman–Crippen MR) is 24.4 cm³/mol. The first-order valence-corrected chi connectivity index (χ1v) is 2.24. The zero-order valence-corrected chi connectivity index (χ0v) is 4.97. The first-order valence-electron chi connectivity index (χ1n) is 2.24. The van der Waals surface area contributed by atoms with Crippen LogP contribution in [0.15, 0.2) is 12.4 Å². The largest absolute Gasteiger partial charge is 0.462 e. The third-order valence-corrected chi connectivity index (χ3v) is 0.639. The highest BCUT2D eigenvalue weighted by atomic mass is 19.4. The number of rotatable bonds is 2. The quantitative estimate of drug-likeness (QED) is 0.506. The Morgan fingerprint density at radius 2 is 1.45 bits per heavy atom. The molecule has 1 N–H and O–H groups in total. The number of hydrogen-bond donors (Lipinski definition) is 1. The van der Waals surface area contributed by atoms with E-state index in [-0.39, 0.29) is 5.32 Å². The van der Waals surface area contributed by atoms with Crippen LogP contribution in [-0.4, -0.2) is 12.3 Å². The molecular formula is C4H3F6N. The molecule has 7 heteroatoms. The molecule has 0 saturated heterocycles. The molecule has 0 aromatic rings. The fraction of sp³-hybridized carbons (Fsp3) is 0.500. The highest BCUT2D eigenvalue weighted by Crippen LogP contribution is 2.25. The molecule has 0 aliphatic heterocycles. The van der Waals surface area contributed by atoms with Crippen molar-refractivity contribution >= 4 is 0 Å². The summed E-state index contributed by atoms with van der Waals surface area (Å²) in [5, 5.41) is -0.213. The van der Waals surface area contributed by atoms with Gasteiger partial charge in [0.25, 0.3) is 0 Å². The predicted octanol–water partition coefficient (Wildman–Crippen LogP) is 2.17. The Balaban J connectivity index is 4.25. The fourth-order valence-corrected chi connectivity index (χ4v) is 0.246. The van der Waals surface area contributed by atoms with E-state index in [1.807, 2.05) is 6.58 Å². The van der Waals surface area contributed by atoms with Gasteiger partial charge in [-0.1, -0.05) is 6.58 Å². The molecule has 0 radical (unpaired) electrons. The van der Waals surface area contributed by atoms with Crippen LogP contribution in [-0.2, 0) is 0 Å². The first kappa shape index (κ1) is 10.3. The van der Waals surface area contributed by atoms with Crippen molar-refractivity contribution in [2.45, 2.75) is 12.3 Å². The van der Waals surface area contributed by atoms with E-state index in [9.17, 15) is 26.3 Å². The van der Waals surface area contributed by atoms with Gasteiger partial charge in [-0.15, -0.1) is 0 Å². The fourth-order valence-electron chi connectivity index (χ4n) is 0.246. The van der Waals surface area contributed by atoms with Crippen LogP contribution >= 0.6 is 0 Å². The summed E-state index contributed by atoms with van der Waals surface area (Å²) in [5.74, 6) is -2.38. The van der Waals surface area contributed by atoms with Crippen LogP contribution in [0.25, 0.3) is 0 Å². The van der Waals surface area contributed by atoms with Crippen LogP contribution in [0, 0.1) is 0 Å². The van der Waals surface area contributed by atoms with Crippen molar-refractivity contribution in [3.05, 3.63) is 12.4 Å². The molecule has 0 bridgehead atoms. The second-order valence-corrected chi connectivity index (χ2v) is 1.60. The lowest BCUT2D eigenvalue weighted by Crippen LogP contribution is -2.46. The minimum atomic E-state index is -5.33. The Morgan fingerprint density at radius 1 is 1.09 bits per heavy atom. The van der Waals surface area contributed by atoms with Crippen molar-refractivity contribution < 1.29 is 26.3 Å². The molecule has 0 rings (SSSR count). The van der Waals surface area contributed by atoms with Crippen molar-refractivity contribution in [2.75, 3.05) is 0 Å². The molecule has 0 aromatic heterocycles. The highest BCUT2D eigenvalue weighted by molar-refractivity contribution is 4.95. The normalized spacial score (nSPS) is 13.3. The summed E-state index contributed by atoms with van der Waals surface area (Å²) in [6.45, 7) is 2.03. The lowest BCUT2D eigenvalue weighted by molar-refractivity contribution is -0.214. The van der Waals surface area contributed by atoms with E-state index in [2.05, 4.69) is 0 Å². The molecular weight excluding hydrogens is 176 g/mol. The van der Waals surface area contributed by atoms with Crippen molar-refractivity contribution in [3.63, 3.8) is 0 Å². The lowest BCUT2D eigenvalue weighted by Gasteiger charge is -2.16. The zero-order valence-electron chi connectivity index (χ0n) is 4.97. The van der Waals surface area contributed by atoms with Gasteiger partial charge in [-0.2, -0.15) is 27.3 Å². The molecule has 66 valence electrons. The smallest absolute Gasteiger partial charge is 0.204 e. The molecule has 0 unspecified atom stereocenters. The van der Waals surface area contributed by atoms with E-state index in [0.29, 0.717) is 0 Å². The molecule has 0 fully saturated rings. The standard InChI is InChI=1S/C4H3F6N/c1-2(5)3(6,7)11-4(8,9)10/h11H,1H2. The summed E-state index contributed by atoms with van der Waals surface area (Å²) in [6, 6.07) is -4.75. The average molecular weight is 179 g/mol. The Kier molecular flexibility index (Phi) is 2.55. The van der Waals surface area contributed by atoms with Crippen molar-refractivity contribution in [3.8, 4) is 0 Å². The molecule has 1 nitrogen and oxygen atoms in total. The van der Waals surface area contributed by atoms with Crippen molar-refractivity contribution in [1.29, 1.82) is 0 Å². The molecule has 11 heavy (non-hydrogen) atoms. The maximum Gasteiger partial charge on any atom is 0.462 e. The summed E-state index contributed by atoms with van der Waals surface area (Å²) in [6.07, 6.45) is -5.33. The summed E-state index contributed by atoms with van der Waals surface area (Å²) in [7, 11) is 0. The van der Waals surface area contributed by atoms with Gasteiger partial charge in [-0.3, -0.25) is 0 Å². The second kappa shape index (κ2) is 2.72. The number of halogens is 6. The summed E-state index contributed by atoms with van der Waals surface area (Å²) in [4.78, 5) is 0. The Hall–Kier alpha value is -0.720. The van der Waals surface area contributed by atoms with Gasteiger partial charge < -0.3 is 0 Å². The van der Waals surface area contributed by atoms with E-state index < -0.39 is 18.2 Å². The molecule has 0 amide bonds. The SMILES string of the molecule is C=C(F)C(F)(F)NC(F)(F)F. The molecule has 0 atom stereocenters. The van der Waals surface area contributed by atoms with Gasteiger partial charge >= 0.3 is 12.3 Å². The van der Waals surface area contributed by atoms with Crippen LogP contribution in [0.4, 0.5) is 26.3 Å². The van der Waals surface area contributed by atoms with Crippen molar-refractivity contribution in [1.82, 2.24) is 5.32 Å². The zero-order chi connectivity index (χ0) is 9.28. The van der Waals surface area contributed by atoms with Crippen LogP contribution < -0.4 is 5.32 Å². The van der Waals surface area contributed by atoms with Gasteiger partial charge in [0.05, 0.1) is 0 Å². The van der Waals surface area contributed by atoms with E-state index >= 15 is 0 Å². The van der Waals surface area contributed by atoms with Gasteiger partial charge in [0, 0.05) is 0 Å². The van der Waals surface area contributed by atoms with Gasteiger partial charge in [0.2, 0.25) is 0 Å². The molecule has 0 aromatic carbocycles. The Morgan fingerprint density at radius 3 is 1.55 bits per heavy atom. The molecule has 0 spiro atoms. The third kappa shape index (κ3) is 3.87. The van der Waals surface area contributed by atoms with E-state index in [0.717, 1.165) is 0 Å². The van der Waals surface area contributed by atoms with E-state index in [1.165, 1.54) is 0 Å². The van der Waals surface area contributed by atoms with Crippen LogP contribution in [0.2, 0.25) is 0 Å². The van der Waals surface area contributed by atoms with E-state index in [1.54, 1.807) is 0 Å². The second-order valence-electron chi connectivity index (χ2n) is 1.60. The number of alkyl halides is 5. The van der Waals surface area contributed by atoms with Crippen LogP contribution in [0.1, 0.15) is 0 Å². The minimum Gasteiger partial charge on any atom is -0.204 e. The summed E-state index contributed by atoms with van der Waals surface area (Å²) in [5.41, 5.74) is 0. The number of hydrogen-bond acceptors (Lipinski definition) is 1. The van der Waals surface area contributed by atoms with Gasteiger partial charge in [-0.05, 0) is 0 Å². The molecule has 0 heterocycles. The van der Waals surface area contributed by atoms with E-state index in [4.69, 9.17) is 0 Å². The minimum absolute atomic E-state index is 0.213. The van der Waals surface area contributed by atoms with Crippen LogP contribution in [0.5, 0.6) is 0 Å². The average Bonchev–Trinajstić information content (AvgIpc) is 1.56. The molecule has 0 aliphatic rings. The number of nitrogens with one attached hydrogen (secondary N) is 1. The first-order chi connectivity index (χ1) is 4.65. The van der Waals surface area contributed by atoms with Crippen molar-refractivity contribution in [2.24, 2.45) is 0 Å². The third-order valence-electron chi connectivity index (χ3n) is 0.639. The monoisotopic (exact) mass is 179 g/mol. The van der Waals surface area contributed by atoms with Gasteiger partial charge in [-0.25, -0.2) is 4.39 Å².